The number of hydrogen-bond donors (Lipinski definition) is 1. The predicted octanol–water partition coefficient (Wildman–Crippen LogP) is 3.95. The number of carbonyl (C=O) groups excluding carboxylic acids is 2. The predicted molar refractivity (Wildman–Crippen MR) is 87.0 cm³/mol. The van der Waals surface area contributed by atoms with E-state index in [2.05, 4.69) is 5.32 Å². The molecule has 0 radical (unpaired) electrons. The highest BCUT2D eigenvalue weighted by Gasteiger charge is 2.45. The number of rotatable bonds is 4. The minimum Gasteiger partial charge on any atom is -0.325 e. The Kier molecular flexibility index (Phi) is 3.80. The normalized spacial score (nSPS) is 15.7. The molecule has 3 rings (SSSR count). The largest absolute Gasteiger partial charge is 0.325 e. The minimum absolute atomic E-state index is 0.0256. The van der Waals surface area contributed by atoms with Crippen LogP contribution in [0.5, 0.6) is 0 Å². The molecule has 0 aliphatic heterocycles. The number of Topliss-reactive ketones (excluding diaryl/α,β-unsaturated/α-hetero) is 1. The van der Waals surface area contributed by atoms with Crippen molar-refractivity contribution in [3.8, 4) is 0 Å². The highest BCUT2D eigenvalue weighted by atomic mass is 16.2. The summed E-state index contributed by atoms with van der Waals surface area (Å²) in [7, 11) is 0. The van der Waals surface area contributed by atoms with Gasteiger partial charge in [0.2, 0.25) is 5.91 Å². The lowest BCUT2D eigenvalue weighted by Crippen LogP contribution is -2.45. The van der Waals surface area contributed by atoms with E-state index in [1.807, 2.05) is 30.3 Å². The lowest BCUT2D eigenvalue weighted by molar-refractivity contribution is -0.124. The SMILES string of the molecule is CC(=O)c1ccc(NC(=O)C2(c3ccccc3)CCC2)cc1. The van der Waals surface area contributed by atoms with Crippen LogP contribution in [0, 0.1) is 0 Å². The summed E-state index contributed by atoms with van der Waals surface area (Å²) in [4.78, 5) is 24.0. The maximum atomic E-state index is 12.8. The van der Waals surface area contributed by atoms with Gasteiger partial charge in [0.05, 0.1) is 5.41 Å². The van der Waals surface area contributed by atoms with Crippen LogP contribution >= 0.6 is 0 Å². The average molecular weight is 293 g/mol. The molecule has 0 heterocycles. The van der Waals surface area contributed by atoms with Crippen LogP contribution in [0.1, 0.15) is 42.1 Å². The molecular formula is C19H19NO2. The van der Waals surface area contributed by atoms with Gasteiger partial charge in [-0.2, -0.15) is 0 Å². The number of ketones is 1. The Morgan fingerprint density at radius 1 is 0.955 bits per heavy atom. The number of benzene rings is 2. The summed E-state index contributed by atoms with van der Waals surface area (Å²) in [6.07, 6.45) is 2.84. The molecule has 112 valence electrons. The number of amides is 1. The van der Waals surface area contributed by atoms with E-state index in [0.29, 0.717) is 5.56 Å². The molecule has 3 nitrogen and oxygen atoms in total. The van der Waals surface area contributed by atoms with Gasteiger partial charge in [-0.05, 0) is 49.6 Å². The first-order chi connectivity index (χ1) is 10.6. The first-order valence-corrected chi connectivity index (χ1v) is 7.60. The summed E-state index contributed by atoms with van der Waals surface area (Å²) in [5, 5.41) is 3.00. The Labute approximate surface area is 130 Å². The number of nitrogens with one attached hydrogen (secondary N) is 1. The average Bonchev–Trinajstić information content (AvgIpc) is 2.48. The first-order valence-electron chi connectivity index (χ1n) is 7.60. The van der Waals surface area contributed by atoms with Crippen LogP contribution in [0.2, 0.25) is 0 Å². The highest BCUT2D eigenvalue weighted by Crippen LogP contribution is 2.44. The van der Waals surface area contributed by atoms with E-state index in [1.54, 1.807) is 24.3 Å². The molecule has 1 saturated carbocycles. The van der Waals surface area contributed by atoms with Gasteiger partial charge in [0.1, 0.15) is 0 Å². The molecule has 0 aromatic heterocycles. The van der Waals surface area contributed by atoms with Crippen LogP contribution < -0.4 is 5.32 Å². The van der Waals surface area contributed by atoms with E-state index < -0.39 is 5.41 Å². The molecule has 0 atom stereocenters. The number of anilines is 1. The fourth-order valence-electron chi connectivity index (χ4n) is 2.97. The van der Waals surface area contributed by atoms with Crippen LogP contribution in [-0.4, -0.2) is 11.7 Å². The Morgan fingerprint density at radius 2 is 1.59 bits per heavy atom. The maximum absolute atomic E-state index is 12.8. The second kappa shape index (κ2) is 5.76. The van der Waals surface area contributed by atoms with Crippen LogP contribution in [0.3, 0.4) is 0 Å². The van der Waals surface area contributed by atoms with Crippen molar-refractivity contribution >= 4 is 17.4 Å². The van der Waals surface area contributed by atoms with Gasteiger partial charge in [0.25, 0.3) is 0 Å². The van der Waals surface area contributed by atoms with Gasteiger partial charge >= 0.3 is 0 Å². The molecule has 1 N–H and O–H groups in total. The third-order valence-electron chi connectivity index (χ3n) is 4.52. The quantitative estimate of drug-likeness (QED) is 0.868. The minimum atomic E-state index is -0.402. The van der Waals surface area contributed by atoms with Crippen molar-refractivity contribution in [3.05, 3.63) is 65.7 Å². The molecule has 0 unspecified atom stereocenters. The lowest BCUT2D eigenvalue weighted by atomic mass is 9.64. The van der Waals surface area contributed by atoms with Gasteiger partial charge < -0.3 is 5.32 Å². The molecule has 2 aromatic rings. The van der Waals surface area contributed by atoms with Crippen molar-refractivity contribution in [1.82, 2.24) is 0 Å². The Bertz CT molecular complexity index is 685. The second-order valence-corrected chi connectivity index (χ2v) is 5.89. The molecular weight excluding hydrogens is 274 g/mol. The fraction of sp³-hybridized carbons (Fsp3) is 0.263. The molecule has 1 aliphatic rings. The molecule has 0 bridgehead atoms. The van der Waals surface area contributed by atoms with Crippen LogP contribution in [0.4, 0.5) is 5.69 Å². The third kappa shape index (κ3) is 2.54. The summed E-state index contributed by atoms with van der Waals surface area (Å²) < 4.78 is 0. The van der Waals surface area contributed by atoms with E-state index in [0.717, 1.165) is 30.5 Å². The van der Waals surface area contributed by atoms with E-state index in [9.17, 15) is 9.59 Å². The monoisotopic (exact) mass is 293 g/mol. The van der Waals surface area contributed by atoms with Gasteiger partial charge in [-0.3, -0.25) is 9.59 Å². The van der Waals surface area contributed by atoms with Gasteiger partial charge in [0, 0.05) is 11.3 Å². The molecule has 0 saturated heterocycles. The van der Waals surface area contributed by atoms with Crippen molar-refractivity contribution in [1.29, 1.82) is 0 Å². The summed E-state index contributed by atoms with van der Waals surface area (Å²) in [5.41, 5.74) is 2.07. The van der Waals surface area contributed by atoms with E-state index in [-0.39, 0.29) is 11.7 Å². The summed E-state index contributed by atoms with van der Waals surface area (Å²) >= 11 is 0. The van der Waals surface area contributed by atoms with Gasteiger partial charge in [-0.1, -0.05) is 36.8 Å². The second-order valence-electron chi connectivity index (χ2n) is 5.89. The van der Waals surface area contributed by atoms with Gasteiger partial charge in [-0.15, -0.1) is 0 Å². The lowest BCUT2D eigenvalue weighted by Gasteiger charge is -2.40. The molecule has 1 amide bonds. The zero-order valence-corrected chi connectivity index (χ0v) is 12.6. The van der Waals surface area contributed by atoms with Crippen molar-refractivity contribution in [2.24, 2.45) is 0 Å². The molecule has 22 heavy (non-hydrogen) atoms. The van der Waals surface area contributed by atoms with Crippen molar-refractivity contribution in [2.45, 2.75) is 31.6 Å². The summed E-state index contributed by atoms with van der Waals surface area (Å²) in [6.45, 7) is 1.53. The van der Waals surface area contributed by atoms with Gasteiger partial charge in [0.15, 0.2) is 5.78 Å². The zero-order chi connectivity index (χ0) is 15.6. The molecule has 1 fully saturated rings. The molecule has 1 aliphatic carbocycles. The van der Waals surface area contributed by atoms with Crippen LogP contribution in [0.15, 0.2) is 54.6 Å². The van der Waals surface area contributed by atoms with Crippen LogP contribution in [-0.2, 0) is 10.2 Å². The third-order valence-corrected chi connectivity index (χ3v) is 4.52. The number of hydrogen-bond acceptors (Lipinski definition) is 2. The van der Waals surface area contributed by atoms with Crippen molar-refractivity contribution < 1.29 is 9.59 Å². The first kappa shape index (κ1) is 14.5. The van der Waals surface area contributed by atoms with E-state index in [1.165, 1.54) is 6.92 Å². The maximum Gasteiger partial charge on any atom is 0.235 e. The Hall–Kier alpha value is -2.42. The Balaban J connectivity index is 1.80. The fourth-order valence-corrected chi connectivity index (χ4v) is 2.97. The molecule has 0 spiro atoms. The highest BCUT2D eigenvalue weighted by molar-refractivity contribution is 6.00. The Morgan fingerprint density at radius 3 is 2.09 bits per heavy atom. The smallest absolute Gasteiger partial charge is 0.235 e. The molecule has 2 aromatic carbocycles. The van der Waals surface area contributed by atoms with Gasteiger partial charge in [-0.25, -0.2) is 0 Å². The van der Waals surface area contributed by atoms with E-state index in [4.69, 9.17) is 0 Å². The summed E-state index contributed by atoms with van der Waals surface area (Å²) in [5.74, 6) is 0.0677. The van der Waals surface area contributed by atoms with Crippen molar-refractivity contribution in [3.63, 3.8) is 0 Å². The summed E-state index contributed by atoms with van der Waals surface area (Å²) in [6, 6.07) is 17.0. The molecule has 3 heteroatoms. The standard InChI is InChI=1S/C19H19NO2/c1-14(21)15-8-10-17(11-9-15)20-18(22)19(12-5-13-19)16-6-3-2-4-7-16/h2-4,6-11H,5,12-13H2,1H3,(H,20,22). The van der Waals surface area contributed by atoms with Crippen molar-refractivity contribution in [2.75, 3.05) is 5.32 Å². The van der Waals surface area contributed by atoms with Crippen LogP contribution in [0.25, 0.3) is 0 Å². The zero-order valence-electron chi connectivity index (χ0n) is 12.6. The topological polar surface area (TPSA) is 46.2 Å². The number of carbonyl (C=O) groups is 2. The van der Waals surface area contributed by atoms with E-state index >= 15 is 0 Å².